The van der Waals surface area contributed by atoms with Crippen LogP contribution >= 0.6 is 0 Å². The number of hydrogen-bond acceptors (Lipinski definition) is 12. The van der Waals surface area contributed by atoms with Crippen LogP contribution in [0.1, 0.15) is 80.9 Å². The first-order valence-electron chi connectivity index (χ1n) is 18.4. The number of aliphatic hydroxyl groups excluding tert-OH is 1. The van der Waals surface area contributed by atoms with Crippen molar-refractivity contribution in [1.29, 1.82) is 0 Å². The lowest BCUT2D eigenvalue weighted by atomic mass is 9.85. The van der Waals surface area contributed by atoms with Gasteiger partial charge in [0.15, 0.2) is 6.10 Å². The number of amides is 3. The van der Waals surface area contributed by atoms with E-state index in [0.717, 1.165) is 11.8 Å². The Morgan fingerprint density at radius 2 is 1.65 bits per heavy atom. The largest absolute Gasteiger partial charge is 0.439 e. The van der Waals surface area contributed by atoms with Gasteiger partial charge in [-0.15, -0.1) is 0 Å². The zero-order chi connectivity index (χ0) is 41.0. The van der Waals surface area contributed by atoms with Crippen LogP contribution in [0, 0.1) is 32.6 Å². The maximum Gasteiger partial charge on any atom is 0.405 e. The van der Waals surface area contributed by atoms with Gasteiger partial charge in [-0.3, -0.25) is 24.2 Å². The van der Waals surface area contributed by atoms with Crippen molar-refractivity contribution in [2.75, 3.05) is 27.3 Å². The second kappa shape index (κ2) is 20.6. The molecule has 1 aromatic rings. The molecule has 2 bridgehead atoms. The molecule has 1 aliphatic carbocycles. The molecule has 0 aromatic carbocycles. The maximum atomic E-state index is 14.0. The summed E-state index contributed by atoms with van der Waals surface area (Å²) in [7, 11) is 2.91. The van der Waals surface area contributed by atoms with Gasteiger partial charge in [0, 0.05) is 50.4 Å². The summed E-state index contributed by atoms with van der Waals surface area (Å²) in [5, 5.41) is 20.0. The van der Waals surface area contributed by atoms with Gasteiger partial charge >= 0.3 is 6.09 Å². The van der Waals surface area contributed by atoms with Crippen molar-refractivity contribution in [1.82, 2.24) is 25.9 Å². The van der Waals surface area contributed by atoms with Crippen molar-refractivity contribution >= 4 is 29.5 Å². The van der Waals surface area contributed by atoms with E-state index in [1.54, 1.807) is 52.8 Å². The highest BCUT2D eigenvalue weighted by molar-refractivity contribution is 6.23. The van der Waals surface area contributed by atoms with Gasteiger partial charge in [0.25, 0.3) is 11.8 Å². The van der Waals surface area contributed by atoms with E-state index in [-0.39, 0.29) is 46.5 Å². The Labute approximate surface area is 322 Å². The number of unbranched alkanes of at least 4 members (excludes halogenated alkanes) is 1. The SMILES string of the molecule is CO[C@H]1/C=C\C=C(/C)C(=O)NC2=CC(=O)C(NCCCCNC(=O)c3nc(C)c(C)nc3C)=C(C[C@@H](C)C[C@H](OC)[C@H](O)[C@@H](C)/C=C(\C)[C@@H]1OC(N)=O)C2=O. The molecule has 15 heteroatoms. The van der Waals surface area contributed by atoms with Crippen LogP contribution in [0.5, 0.6) is 0 Å². The molecule has 1 aromatic heterocycles. The standard InChI is InChI=1S/C40H56N6O9/c1-21-17-28-34(42-15-10-11-16-43-39(51)33-27(7)44-25(5)26(6)45-33)30(47)20-29(36(28)49)46-38(50)22(2)13-12-14-31(53-8)37(55-40(41)52)24(4)19-23(3)35(48)32(18-21)54-9/h12-14,19-21,23,31-32,35,37,42,48H,10-11,15-18H2,1-9H3,(H2,41,52)(H,43,51)(H,46,50)/b14-12-,22-13+,24-19+/t21-,23+,31+,32+,35-,37+/m1/s1. The fraction of sp³-hybridized carbons (Fsp3) is 0.525. The smallest absolute Gasteiger partial charge is 0.405 e. The lowest BCUT2D eigenvalue weighted by molar-refractivity contribution is -0.120. The number of aryl methyl sites for hydroxylation is 3. The first-order chi connectivity index (χ1) is 26.0. The fourth-order valence-corrected chi connectivity index (χ4v) is 6.46. The second-order valence-electron chi connectivity index (χ2n) is 14.1. The van der Waals surface area contributed by atoms with Gasteiger partial charge in [0.1, 0.15) is 11.8 Å². The number of allylic oxidation sites excluding steroid dienone is 4. The molecule has 0 radical (unpaired) electrons. The summed E-state index contributed by atoms with van der Waals surface area (Å²) in [6, 6.07) is 0. The number of hydrogen-bond donors (Lipinski definition) is 5. The second-order valence-corrected chi connectivity index (χ2v) is 14.1. The molecule has 0 fully saturated rings. The lowest BCUT2D eigenvalue weighted by Crippen LogP contribution is -2.38. The minimum absolute atomic E-state index is 0.133. The number of aliphatic hydroxyl groups is 1. The number of ketones is 2. The number of methoxy groups -OCH3 is 2. The molecule has 55 heavy (non-hydrogen) atoms. The van der Waals surface area contributed by atoms with E-state index in [1.165, 1.54) is 20.3 Å². The van der Waals surface area contributed by atoms with Gasteiger partial charge in [-0.05, 0) is 71.8 Å². The minimum atomic E-state index is -1.01. The predicted octanol–water partition coefficient (Wildman–Crippen LogP) is 3.28. The predicted molar refractivity (Wildman–Crippen MR) is 205 cm³/mol. The molecule has 2 aliphatic rings. The third kappa shape index (κ3) is 12.3. The van der Waals surface area contributed by atoms with Crippen LogP contribution in [-0.2, 0) is 28.6 Å². The Hall–Kier alpha value is -4.99. The number of rotatable bonds is 10. The van der Waals surface area contributed by atoms with Gasteiger partial charge in [0.2, 0.25) is 11.6 Å². The number of carbonyl (C=O) groups excluding carboxylic acids is 5. The van der Waals surface area contributed by atoms with Gasteiger partial charge in [-0.1, -0.05) is 38.2 Å². The molecule has 15 nitrogen and oxygen atoms in total. The van der Waals surface area contributed by atoms with Crippen LogP contribution in [0.25, 0.3) is 0 Å². The molecule has 0 saturated heterocycles. The van der Waals surface area contributed by atoms with E-state index in [0.29, 0.717) is 49.3 Å². The van der Waals surface area contributed by atoms with Crippen LogP contribution in [0.15, 0.2) is 58.5 Å². The monoisotopic (exact) mass is 764 g/mol. The molecule has 2 heterocycles. The van der Waals surface area contributed by atoms with Crippen molar-refractivity contribution in [2.24, 2.45) is 17.6 Å². The lowest BCUT2D eigenvalue weighted by Gasteiger charge is -2.30. The van der Waals surface area contributed by atoms with E-state index in [4.69, 9.17) is 19.9 Å². The van der Waals surface area contributed by atoms with E-state index in [9.17, 15) is 29.1 Å². The molecule has 6 atom stereocenters. The molecule has 3 rings (SSSR count). The quantitative estimate of drug-likeness (QED) is 0.132. The van der Waals surface area contributed by atoms with E-state index < -0.39 is 53.9 Å². The normalized spacial score (nSPS) is 26.9. The van der Waals surface area contributed by atoms with Crippen molar-refractivity contribution in [3.8, 4) is 0 Å². The first-order valence-corrected chi connectivity index (χ1v) is 18.4. The van der Waals surface area contributed by atoms with Crippen LogP contribution in [-0.4, -0.2) is 96.3 Å². The van der Waals surface area contributed by atoms with E-state index in [2.05, 4.69) is 25.9 Å². The summed E-state index contributed by atoms with van der Waals surface area (Å²) in [6.07, 6.45) is 4.65. The average Bonchev–Trinajstić information content (AvgIpc) is 3.12. The summed E-state index contributed by atoms with van der Waals surface area (Å²) < 4.78 is 16.7. The minimum Gasteiger partial charge on any atom is -0.439 e. The number of nitrogens with one attached hydrogen (secondary N) is 3. The number of primary amides is 1. The highest BCUT2D eigenvalue weighted by Crippen LogP contribution is 2.29. The first kappa shape index (κ1) is 44.4. The van der Waals surface area contributed by atoms with Crippen LogP contribution in [0.4, 0.5) is 4.79 Å². The number of ether oxygens (including phenoxy) is 3. The molecular formula is C40H56N6O9. The van der Waals surface area contributed by atoms with Crippen molar-refractivity contribution in [2.45, 2.75) is 98.6 Å². The summed E-state index contributed by atoms with van der Waals surface area (Å²) in [4.78, 5) is 74.1. The molecule has 0 spiro atoms. The summed E-state index contributed by atoms with van der Waals surface area (Å²) in [5.74, 6) is -2.64. The number of Topliss-reactive ketones (excluding diaryl/α,β-unsaturated/α-hetero) is 1. The molecule has 1 aliphatic heterocycles. The van der Waals surface area contributed by atoms with E-state index >= 15 is 0 Å². The maximum absolute atomic E-state index is 14.0. The van der Waals surface area contributed by atoms with Gasteiger partial charge in [-0.25, -0.2) is 9.78 Å². The molecular weight excluding hydrogens is 708 g/mol. The Balaban J connectivity index is 1.87. The zero-order valence-electron chi connectivity index (χ0n) is 33.3. The zero-order valence-corrected chi connectivity index (χ0v) is 33.3. The van der Waals surface area contributed by atoms with Gasteiger partial charge in [0.05, 0.1) is 40.7 Å². The highest BCUT2D eigenvalue weighted by Gasteiger charge is 2.33. The number of carbonyl (C=O) groups is 5. The van der Waals surface area contributed by atoms with Crippen LogP contribution in [0.3, 0.4) is 0 Å². The topological polar surface area (TPSA) is 221 Å². The fourth-order valence-electron chi connectivity index (χ4n) is 6.46. The summed E-state index contributed by atoms with van der Waals surface area (Å²) >= 11 is 0. The number of nitrogens with zero attached hydrogens (tertiary/aromatic N) is 2. The molecule has 6 N–H and O–H groups in total. The Bertz CT molecular complexity index is 1780. The molecule has 0 saturated carbocycles. The summed E-state index contributed by atoms with van der Waals surface area (Å²) in [6.45, 7) is 13.0. The Morgan fingerprint density at radius 3 is 2.31 bits per heavy atom. The van der Waals surface area contributed by atoms with Gasteiger partial charge < -0.3 is 41.0 Å². The van der Waals surface area contributed by atoms with Crippen molar-refractivity contribution in [3.63, 3.8) is 0 Å². The number of fused-ring (bicyclic) bond motifs is 2. The number of aromatic nitrogens is 2. The third-order valence-electron chi connectivity index (χ3n) is 9.68. The number of nitrogens with two attached hydrogens (primary N) is 1. The van der Waals surface area contributed by atoms with Crippen LogP contribution in [0.2, 0.25) is 0 Å². The third-order valence-corrected chi connectivity index (χ3v) is 9.68. The molecule has 3 amide bonds. The highest BCUT2D eigenvalue weighted by atomic mass is 16.6. The Kier molecular flexibility index (Phi) is 16.7. The summed E-state index contributed by atoms with van der Waals surface area (Å²) in [5.41, 5.74) is 8.62. The van der Waals surface area contributed by atoms with Crippen molar-refractivity contribution in [3.05, 3.63) is 81.3 Å². The van der Waals surface area contributed by atoms with Crippen molar-refractivity contribution < 1.29 is 43.3 Å². The van der Waals surface area contributed by atoms with Gasteiger partial charge in [-0.2, -0.15) is 0 Å². The van der Waals surface area contributed by atoms with E-state index in [1.807, 2.05) is 13.8 Å². The molecule has 300 valence electrons. The molecule has 0 unspecified atom stereocenters. The van der Waals surface area contributed by atoms with Crippen LogP contribution < -0.4 is 21.7 Å². The average molecular weight is 765 g/mol. The Morgan fingerprint density at radius 1 is 0.982 bits per heavy atom.